The van der Waals surface area contributed by atoms with E-state index in [1.54, 1.807) is 0 Å². The molecule has 0 unspecified atom stereocenters. The molecule has 248 valence electrons. The third kappa shape index (κ3) is 4.68. The molecule has 0 aliphatic carbocycles. The molecule has 2 aliphatic rings. The molecule has 10 rings (SSSR count). The highest BCUT2D eigenvalue weighted by Crippen LogP contribution is 2.46. The van der Waals surface area contributed by atoms with Gasteiger partial charge in [-0.25, -0.2) is 0 Å². The normalized spacial score (nSPS) is 13.0. The van der Waals surface area contributed by atoms with E-state index >= 15 is 0 Å². The van der Waals surface area contributed by atoms with Crippen LogP contribution in [0.1, 0.15) is 26.3 Å². The van der Waals surface area contributed by atoms with Crippen LogP contribution in [0.3, 0.4) is 0 Å². The summed E-state index contributed by atoms with van der Waals surface area (Å²) in [5.41, 5.74) is 11.8. The van der Waals surface area contributed by atoms with E-state index in [9.17, 15) is 0 Å². The van der Waals surface area contributed by atoms with Crippen LogP contribution in [0, 0.1) is 0 Å². The summed E-state index contributed by atoms with van der Waals surface area (Å²) in [4.78, 5) is 4.82. The zero-order chi connectivity index (χ0) is 35.0. The van der Waals surface area contributed by atoms with Gasteiger partial charge in [-0.15, -0.1) is 0 Å². The highest BCUT2D eigenvalue weighted by atomic mass is 16.5. The topological polar surface area (TPSA) is 15.7 Å². The molecule has 0 radical (unpaired) electrons. The van der Waals surface area contributed by atoms with Crippen molar-refractivity contribution in [3.63, 3.8) is 0 Å². The molecule has 4 heteroatoms. The maximum atomic E-state index is 7.13. The fourth-order valence-electron chi connectivity index (χ4n) is 8.43. The van der Waals surface area contributed by atoms with Crippen molar-refractivity contribution in [2.24, 2.45) is 0 Å². The number of rotatable bonds is 4. The van der Waals surface area contributed by atoms with Crippen molar-refractivity contribution in [3.05, 3.63) is 175 Å². The summed E-state index contributed by atoms with van der Waals surface area (Å²) in [5.74, 6) is 1.80. The largest absolute Gasteiger partial charge is 0.458 e. The summed E-state index contributed by atoms with van der Waals surface area (Å²) >= 11 is 0. The Hall–Kier alpha value is -6.26. The Balaban J connectivity index is 1.28. The maximum absolute atomic E-state index is 7.13. The Labute approximate surface area is 305 Å². The molecular weight excluding hydrogens is 631 g/mol. The van der Waals surface area contributed by atoms with Gasteiger partial charge in [0, 0.05) is 39.6 Å². The highest BCUT2D eigenvalue weighted by Gasteiger charge is 2.43. The number of anilines is 6. The fourth-order valence-corrected chi connectivity index (χ4v) is 8.43. The molecule has 52 heavy (non-hydrogen) atoms. The van der Waals surface area contributed by atoms with Crippen molar-refractivity contribution in [2.75, 3.05) is 9.80 Å². The van der Waals surface area contributed by atoms with Gasteiger partial charge in [0.1, 0.15) is 11.5 Å². The predicted molar refractivity (Wildman–Crippen MR) is 221 cm³/mol. The monoisotopic (exact) mass is 668 g/mol. The molecule has 0 saturated heterocycles. The van der Waals surface area contributed by atoms with E-state index in [4.69, 9.17) is 4.74 Å². The van der Waals surface area contributed by atoms with Gasteiger partial charge in [-0.2, -0.15) is 0 Å². The lowest BCUT2D eigenvalue weighted by Gasteiger charge is -2.41. The van der Waals surface area contributed by atoms with E-state index in [0.717, 1.165) is 34.2 Å². The van der Waals surface area contributed by atoms with Crippen molar-refractivity contribution < 1.29 is 4.74 Å². The Morgan fingerprint density at radius 2 is 1.12 bits per heavy atom. The Morgan fingerprint density at radius 3 is 1.85 bits per heavy atom. The van der Waals surface area contributed by atoms with Crippen LogP contribution in [0.2, 0.25) is 0 Å². The van der Waals surface area contributed by atoms with Gasteiger partial charge in [-0.3, -0.25) is 0 Å². The lowest BCUT2D eigenvalue weighted by atomic mass is 9.33. The molecule has 2 heterocycles. The number of hydrogen-bond donors (Lipinski definition) is 0. The minimum Gasteiger partial charge on any atom is -0.458 e. The van der Waals surface area contributed by atoms with Gasteiger partial charge in [-0.05, 0) is 86.7 Å². The summed E-state index contributed by atoms with van der Waals surface area (Å²) in [6.07, 6.45) is 0. The van der Waals surface area contributed by atoms with Crippen molar-refractivity contribution >= 4 is 78.8 Å². The van der Waals surface area contributed by atoms with Crippen molar-refractivity contribution in [2.45, 2.75) is 26.2 Å². The first-order valence-corrected chi connectivity index (χ1v) is 18.1. The van der Waals surface area contributed by atoms with Crippen LogP contribution < -0.4 is 30.9 Å². The second-order valence-corrected chi connectivity index (χ2v) is 14.9. The summed E-state index contributed by atoms with van der Waals surface area (Å²) in [5, 5.41) is 4.83. The zero-order valence-electron chi connectivity index (χ0n) is 29.5. The molecule has 0 atom stereocenters. The molecule has 0 amide bonds. The second-order valence-electron chi connectivity index (χ2n) is 14.9. The zero-order valence-corrected chi connectivity index (χ0v) is 29.5. The fraction of sp³-hybridized carbons (Fsp3) is 0.0833. The third-order valence-corrected chi connectivity index (χ3v) is 10.8. The minimum absolute atomic E-state index is 0.0229. The van der Waals surface area contributed by atoms with Gasteiger partial charge in [0.2, 0.25) is 0 Å². The first-order valence-electron chi connectivity index (χ1n) is 18.1. The molecule has 0 fully saturated rings. The predicted octanol–water partition coefficient (Wildman–Crippen LogP) is 11.2. The van der Waals surface area contributed by atoms with E-state index in [1.807, 2.05) is 0 Å². The third-order valence-electron chi connectivity index (χ3n) is 10.8. The van der Waals surface area contributed by atoms with E-state index in [2.05, 4.69) is 200 Å². The summed E-state index contributed by atoms with van der Waals surface area (Å²) in [6, 6.07) is 61.5. The smallest absolute Gasteiger partial charge is 0.257 e. The Bertz CT molecular complexity index is 2620. The van der Waals surface area contributed by atoms with Gasteiger partial charge in [-0.1, -0.05) is 136 Å². The van der Waals surface area contributed by atoms with Crippen LogP contribution in [-0.2, 0) is 5.41 Å². The lowest BCUT2D eigenvalue weighted by Crippen LogP contribution is -2.60. The number of nitrogens with zero attached hydrogens (tertiary/aromatic N) is 2. The molecule has 3 nitrogen and oxygen atoms in total. The van der Waals surface area contributed by atoms with Crippen LogP contribution in [0.25, 0.3) is 21.5 Å². The average molecular weight is 669 g/mol. The summed E-state index contributed by atoms with van der Waals surface area (Å²) < 4.78 is 7.13. The Morgan fingerprint density at radius 1 is 0.500 bits per heavy atom. The maximum Gasteiger partial charge on any atom is 0.257 e. The molecular formula is C48H37BN2O. The van der Waals surface area contributed by atoms with Gasteiger partial charge < -0.3 is 14.5 Å². The highest BCUT2D eigenvalue weighted by molar-refractivity contribution is 7.00. The number of benzene rings is 8. The average Bonchev–Trinajstić information content (AvgIpc) is 3.18. The van der Waals surface area contributed by atoms with E-state index in [0.29, 0.717) is 0 Å². The first-order chi connectivity index (χ1) is 25.5. The number of para-hydroxylation sites is 2. The van der Waals surface area contributed by atoms with Crippen LogP contribution in [0.15, 0.2) is 170 Å². The van der Waals surface area contributed by atoms with Gasteiger partial charge >= 0.3 is 0 Å². The van der Waals surface area contributed by atoms with Crippen LogP contribution in [-0.4, -0.2) is 6.71 Å². The number of ether oxygens (including phenoxy) is 1. The molecule has 0 N–H and O–H groups in total. The molecule has 8 aromatic carbocycles. The van der Waals surface area contributed by atoms with Crippen LogP contribution in [0.5, 0.6) is 11.5 Å². The molecule has 0 bridgehead atoms. The summed E-state index contributed by atoms with van der Waals surface area (Å²) in [6.45, 7) is 6.89. The summed E-state index contributed by atoms with van der Waals surface area (Å²) in [7, 11) is 0. The van der Waals surface area contributed by atoms with E-state index in [1.165, 1.54) is 54.9 Å². The van der Waals surface area contributed by atoms with Gasteiger partial charge in [0.15, 0.2) is 0 Å². The standard InChI is InChI=1S/C48H37BN2O/c1-48(2,3)33-28-29-41-39(30-33)49-46-38-24-13-12-23-37(38)43(50(34-18-6-4-7-19-34)35-20-8-5-9-21-35)31-45(46)52-44-27-15-26-42(47(44)49)51(41)40-25-14-17-32-16-10-11-22-36(32)40/h4-31H,1-3H3. The Kier molecular flexibility index (Phi) is 6.84. The number of fused-ring (bicyclic) bond motifs is 7. The lowest BCUT2D eigenvalue weighted by molar-refractivity contribution is 0.488. The van der Waals surface area contributed by atoms with Crippen molar-refractivity contribution in [1.82, 2.24) is 0 Å². The number of hydrogen-bond acceptors (Lipinski definition) is 3. The minimum atomic E-state index is -0.0284. The van der Waals surface area contributed by atoms with Crippen LogP contribution >= 0.6 is 0 Å². The van der Waals surface area contributed by atoms with Crippen molar-refractivity contribution in [1.29, 1.82) is 0 Å². The van der Waals surface area contributed by atoms with Crippen LogP contribution in [0.4, 0.5) is 34.1 Å². The van der Waals surface area contributed by atoms with Gasteiger partial charge in [0.25, 0.3) is 6.71 Å². The molecule has 8 aromatic rings. The van der Waals surface area contributed by atoms with Crippen molar-refractivity contribution in [3.8, 4) is 11.5 Å². The van der Waals surface area contributed by atoms with E-state index in [-0.39, 0.29) is 12.1 Å². The quantitative estimate of drug-likeness (QED) is 0.174. The SMILES string of the molecule is CC(C)(C)c1ccc2c(c1)B1c3c(cccc3N2c2cccc3ccccc23)Oc2cc(N(c3ccccc3)c3ccccc3)c3ccccc3c21. The molecule has 0 saturated carbocycles. The van der Waals surface area contributed by atoms with Gasteiger partial charge in [0.05, 0.1) is 11.4 Å². The van der Waals surface area contributed by atoms with E-state index < -0.39 is 0 Å². The first kappa shape index (κ1) is 30.6. The molecule has 2 aliphatic heterocycles. The molecule has 0 spiro atoms. The second kappa shape index (κ2) is 11.6. The molecule has 0 aromatic heterocycles.